The zero-order valence-corrected chi connectivity index (χ0v) is 11.5. The van der Waals surface area contributed by atoms with Gasteiger partial charge in [-0.3, -0.25) is 0 Å². The van der Waals surface area contributed by atoms with Gasteiger partial charge in [-0.25, -0.2) is 13.2 Å². The molecule has 6 heteroatoms. The topological polar surface area (TPSA) is 35.2 Å². The van der Waals surface area contributed by atoms with E-state index in [1.807, 2.05) is 0 Å². The highest BCUT2D eigenvalue weighted by atomic mass is 35.5. The Morgan fingerprint density at radius 2 is 1.76 bits per heavy atom. The van der Waals surface area contributed by atoms with Gasteiger partial charge in [-0.1, -0.05) is 11.6 Å². The third-order valence-electron chi connectivity index (χ3n) is 3.49. The molecule has 1 heterocycles. The second kappa shape index (κ2) is 5.24. The van der Waals surface area contributed by atoms with Gasteiger partial charge in [0, 0.05) is 23.0 Å². The van der Waals surface area contributed by atoms with E-state index in [2.05, 4.69) is 0 Å². The summed E-state index contributed by atoms with van der Waals surface area (Å²) in [6, 6.07) is 6.46. The Bertz CT molecular complexity index is 684. The molecular weight excluding hydrogens is 303 g/mol. The lowest BCUT2D eigenvalue weighted by atomic mass is 9.93. The van der Waals surface area contributed by atoms with Crippen molar-refractivity contribution in [2.24, 2.45) is 5.73 Å². The lowest BCUT2D eigenvalue weighted by Crippen LogP contribution is -2.24. The van der Waals surface area contributed by atoms with Gasteiger partial charge in [-0.15, -0.1) is 0 Å². The Morgan fingerprint density at radius 1 is 1.10 bits per heavy atom. The Morgan fingerprint density at radius 3 is 2.43 bits per heavy atom. The van der Waals surface area contributed by atoms with E-state index in [0.717, 1.165) is 17.7 Å². The molecule has 110 valence electrons. The number of benzene rings is 2. The van der Waals surface area contributed by atoms with E-state index in [9.17, 15) is 13.2 Å². The number of nitrogens with two attached hydrogens (primary N) is 1. The molecule has 3 rings (SSSR count). The van der Waals surface area contributed by atoms with Gasteiger partial charge in [-0.2, -0.15) is 0 Å². The molecule has 0 radical (unpaired) electrons. The van der Waals surface area contributed by atoms with E-state index in [0.29, 0.717) is 17.2 Å². The van der Waals surface area contributed by atoms with E-state index < -0.39 is 23.6 Å². The third-order valence-corrected chi connectivity index (χ3v) is 3.72. The van der Waals surface area contributed by atoms with Crippen LogP contribution in [0.15, 0.2) is 30.3 Å². The molecule has 2 unspecified atom stereocenters. The lowest BCUT2D eigenvalue weighted by molar-refractivity contribution is 0.160. The normalized spacial score (nSPS) is 20.8. The zero-order chi connectivity index (χ0) is 15.1. The van der Waals surface area contributed by atoms with Gasteiger partial charge in [0.15, 0.2) is 17.5 Å². The highest BCUT2D eigenvalue weighted by Crippen LogP contribution is 2.41. The first-order valence-electron chi connectivity index (χ1n) is 6.32. The van der Waals surface area contributed by atoms with Crippen LogP contribution in [0.2, 0.25) is 5.02 Å². The van der Waals surface area contributed by atoms with Crippen molar-refractivity contribution >= 4 is 11.6 Å². The summed E-state index contributed by atoms with van der Waals surface area (Å²) in [5.74, 6) is -3.48. The van der Waals surface area contributed by atoms with Gasteiger partial charge in [0.2, 0.25) is 0 Å². The van der Waals surface area contributed by atoms with E-state index in [1.165, 1.54) is 0 Å². The summed E-state index contributed by atoms with van der Waals surface area (Å²) < 4.78 is 45.4. The number of hydrogen-bond acceptors (Lipinski definition) is 2. The molecule has 21 heavy (non-hydrogen) atoms. The molecule has 2 atom stereocenters. The fourth-order valence-electron chi connectivity index (χ4n) is 2.44. The molecule has 0 aliphatic carbocycles. The minimum atomic E-state index is -1.49. The molecule has 0 aromatic heterocycles. The molecule has 0 saturated carbocycles. The highest BCUT2D eigenvalue weighted by Gasteiger charge is 2.28. The monoisotopic (exact) mass is 313 g/mol. The maximum atomic E-state index is 13.3. The molecule has 0 fully saturated rings. The number of rotatable bonds is 1. The van der Waals surface area contributed by atoms with Crippen molar-refractivity contribution in [2.75, 3.05) is 0 Å². The van der Waals surface area contributed by atoms with Crippen molar-refractivity contribution in [1.29, 1.82) is 0 Å². The van der Waals surface area contributed by atoms with Crippen LogP contribution in [-0.2, 0) is 0 Å². The summed E-state index contributed by atoms with van der Waals surface area (Å²) >= 11 is 5.90. The molecule has 2 aromatic rings. The van der Waals surface area contributed by atoms with E-state index in [1.54, 1.807) is 18.2 Å². The van der Waals surface area contributed by atoms with Gasteiger partial charge in [0.25, 0.3) is 0 Å². The Balaban J connectivity index is 1.98. The van der Waals surface area contributed by atoms with Crippen LogP contribution in [-0.4, -0.2) is 0 Å². The number of hydrogen-bond donors (Lipinski definition) is 1. The Labute approximate surface area is 124 Å². The zero-order valence-electron chi connectivity index (χ0n) is 10.7. The predicted octanol–water partition coefficient (Wildman–Crippen LogP) is 4.28. The van der Waals surface area contributed by atoms with Gasteiger partial charge in [0.05, 0.1) is 0 Å². The van der Waals surface area contributed by atoms with Gasteiger partial charge < -0.3 is 10.5 Å². The summed E-state index contributed by atoms with van der Waals surface area (Å²) in [5.41, 5.74) is 7.00. The lowest BCUT2D eigenvalue weighted by Gasteiger charge is -2.30. The molecule has 2 aromatic carbocycles. The smallest absolute Gasteiger partial charge is 0.194 e. The first kappa shape index (κ1) is 14.2. The Hall–Kier alpha value is -1.72. The van der Waals surface area contributed by atoms with Crippen LogP contribution in [0.1, 0.15) is 29.7 Å². The largest absolute Gasteiger partial charge is 0.485 e. The van der Waals surface area contributed by atoms with E-state index >= 15 is 0 Å². The van der Waals surface area contributed by atoms with Crippen molar-refractivity contribution in [3.05, 3.63) is 63.9 Å². The minimum Gasteiger partial charge on any atom is -0.485 e. The average Bonchev–Trinajstić information content (AvgIpc) is 2.44. The molecule has 0 spiro atoms. The fraction of sp³-hybridized carbons (Fsp3) is 0.200. The molecule has 0 bridgehead atoms. The summed E-state index contributed by atoms with van der Waals surface area (Å²) in [5, 5.41) is 0.533. The van der Waals surface area contributed by atoms with Gasteiger partial charge in [-0.05, 0) is 35.9 Å². The molecular formula is C15H11ClF3NO. The van der Waals surface area contributed by atoms with E-state index in [-0.39, 0.29) is 11.6 Å². The molecule has 1 aliphatic rings. The van der Waals surface area contributed by atoms with Crippen LogP contribution in [0.4, 0.5) is 13.2 Å². The summed E-state index contributed by atoms with van der Waals surface area (Å²) in [7, 11) is 0. The summed E-state index contributed by atoms with van der Waals surface area (Å²) in [6.07, 6.45) is -0.323. The number of halogens is 4. The SMILES string of the molecule is NC1CC(c2cc(F)c(F)c(F)c2)Oc2ccc(Cl)cc21. The van der Waals surface area contributed by atoms with Gasteiger partial charge >= 0.3 is 0 Å². The van der Waals surface area contributed by atoms with Crippen LogP contribution >= 0.6 is 11.6 Å². The molecule has 0 amide bonds. The van der Waals surface area contributed by atoms with Gasteiger partial charge in [0.1, 0.15) is 11.9 Å². The summed E-state index contributed by atoms with van der Waals surface area (Å²) in [6.45, 7) is 0. The standard InChI is InChI=1S/C15H11ClF3NO/c16-8-1-2-13-9(5-8)12(20)6-14(21-13)7-3-10(17)15(19)11(18)4-7/h1-5,12,14H,6,20H2. The van der Waals surface area contributed by atoms with Crippen LogP contribution in [0.5, 0.6) is 5.75 Å². The first-order chi connectivity index (χ1) is 9.95. The quantitative estimate of drug-likeness (QED) is 0.798. The van der Waals surface area contributed by atoms with Crippen molar-refractivity contribution in [1.82, 2.24) is 0 Å². The van der Waals surface area contributed by atoms with Crippen molar-refractivity contribution in [3.8, 4) is 5.75 Å². The fourth-order valence-corrected chi connectivity index (χ4v) is 2.62. The van der Waals surface area contributed by atoms with E-state index in [4.69, 9.17) is 22.1 Å². The maximum Gasteiger partial charge on any atom is 0.194 e. The molecule has 0 saturated heterocycles. The highest BCUT2D eigenvalue weighted by molar-refractivity contribution is 6.30. The maximum absolute atomic E-state index is 13.3. The molecule has 1 aliphatic heterocycles. The number of ether oxygens (including phenoxy) is 1. The van der Waals surface area contributed by atoms with Crippen LogP contribution in [0, 0.1) is 17.5 Å². The average molecular weight is 314 g/mol. The summed E-state index contributed by atoms with van der Waals surface area (Å²) in [4.78, 5) is 0. The third kappa shape index (κ3) is 2.59. The first-order valence-corrected chi connectivity index (χ1v) is 6.69. The second-order valence-corrected chi connectivity index (χ2v) is 5.37. The van der Waals surface area contributed by atoms with Crippen LogP contribution in [0.3, 0.4) is 0 Å². The van der Waals surface area contributed by atoms with Crippen molar-refractivity contribution in [2.45, 2.75) is 18.6 Å². The van der Waals surface area contributed by atoms with Crippen LogP contribution < -0.4 is 10.5 Å². The predicted molar refractivity (Wildman–Crippen MR) is 72.7 cm³/mol. The Kier molecular flexibility index (Phi) is 3.55. The number of fused-ring (bicyclic) bond motifs is 1. The molecule has 2 nitrogen and oxygen atoms in total. The van der Waals surface area contributed by atoms with Crippen molar-refractivity contribution < 1.29 is 17.9 Å². The molecule has 2 N–H and O–H groups in total. The van der Waals surface area contributed by atoms with Crippen LogP contribution in [0.25, 0.3) is 0 Å². The van der Waals surface area contributed by atoms with Crippen molar-refractivity contribution in [3.63, 3.8) is 0 Å². The minimum absolute atomic E-state index is 0.211. The second-order valence-electron chi connectivity index (χ2n) is 4.93.